The van der Waals surface area contributed by atoms with Gasteiger partial charge in [0, 0.05) is 4.47 Å². The number of carbonyl (C=O) groups is 2. The highest BCUT2D eigenvalue weighted by atomic mass is 79.9. The highest BCUT2D eigenvalue weighted by Gasteiger charge is 2.34. The fourth-order valence-corrected chi connectivity index (χ4v) is 3.39. The number of hydrogen-bond donors (Lipinski definition) is 0. The molecule has 1 fully saturated rings. The van der Waals surface area contributed by atoms with Gasteiger partial charge in [0.25, 0.3) is 11.1 Å². The second-order valence-electron chi connectivity index (χ2n) is 5.46. The molecule has 0 aliphatic carbocycles. The first-order valence-corrected chi connectivity index (χ1v) is 9.34. The summed E-state index contributed by atoms with van der Waals surface area (Å²) in [7, 11) is 0. The quantitative estimate of drug-likeness (QED) is 0.512. The van der Waals surface area contributed by atoms with Gasteiger partial charge < -0.3 is 4.74 Å². The second kappa shape index (κ2) is 8.26. The van der Waals surface area contributed by atoms with Crippen molar-refractivity contribution in [3.05, 3.63) is 69.0 Å². The Hall–Kier alpha value is -2.49. The summed E-state index contributed by atoms with van der Waals surface area (Å²) in [6, 6.07) is 15.3. The van der Waals surface area contributed by atoms with Gasteiger partial charge in [0.05, 0.1) is 11.4 Å². The molecule has 1 saturated heterocycles. The summed E-state index contributed by atoms with van der Waals surface area (Å²) in [5.74, 6) is 2.69. The van der Waals surface area contributed by atoms with Crippen molar-refractivity contribution in [2.75, 3.05) is 6.54 Å². The Bertz CT molecular complexity index is 898. The minimum Gasteiger partial charge on any atom is -0.489 e. The van der Waals surface area contributed by atoms with Gasteiger partial charge in [0.1, 0.15) is 12.4 Å². The zero-order chi connectivity index (χ0) is 18.5. The SMILES string of the molecule is C#CCN1C(=O)SC(=Cc2ccc(OCc3ccc(Br)cc3)cc2)C1=O. The van der Waals surface area contributed by atoms with Crippen molar-refractivity contribution in [1.29, 1.82) is 0 Å². The number of rotatable bonds is 5. The van der Waals surface area contributed by atoms with Crippen LogP contribution in [-0.2, 0) is 11.4 Å². The van der Waals surface area contributed by atoms with Crippen LogP contribution in [0.1, 0.15) is 11.1 Å². The Morgan fingerprint density at radius 1 is 1.12 bits per heavy atom. The Labute approximate surface area is 164 Å². The predicted molar refractivity (Wildman–Crippen MR) is 106 cm³/mol. The number of imide groups is 1. The van der Waals surface area contributed by atoms with Gasteiger partial charge in [-0.1, -0.05) is 46.1 Å². The molecule has 0 bridgehead atoms. The summed E-state index contributed by atoms with van der Waals surface area (Å²) in [6.45, 7) is 0.461. The average Bonchev–Trinajstić information content (AvgIpc) is 2.90. The van der Waals surface area contributed by atoms with Crippen molar-refractivity contribution in [3.8, 4) is 18.1 Å². The molecule has 0 radical (unpaired) electrons. The van der Waals surface area contributed by atoms with E-state index in [0.29, 0.717) is 11.5 Å². The molecule has 0 aromatic heterocycles. The molecule has 3 rings (SSSR count). The molecule has 6 heteroatoms. The minimum absolute atomic E-state index is 0.00909. The van der Waals surface area contributed by atoms with E-state index in [1.807, 2.05) is 48.5 Å². The highest BCUT2D eigenvalue weighted by Crippen LogP contribution is 2.32. The number of thioether (sulfide) groups is 1. The first-order valence-electron chi connectivity index (χ1n) is 7.73. The Balaban J connectivity index is 1.64. The lowest BCUT2D eigenvalue weighted by molar-refractivity contribution is -0.122. The fourth-order valence-electron chi connectivity index (χ4n) is 2.29. The van der Waals surface area contributed by atoms with Gasteiger partial charge in [0.2, 0.25) is 0 Å². The van der Waals surface area contributed by atoms with Crippen molar-refractivity contribution in [2.45, 2.75) is 6.61 Å². The third-order valence-electron chi connectivity index (χ3n) is 3.62. The molecule has 26 heavy (non-hydrogen) atoms. The zero-order valence-electron chi connectivity index (χ0n) is 13.6. The van der Waals surface area contributed by atoms with Crippen LogP contribution in [0.4, 0.5) is 4.79 Å². The largest absolute Gasteiger partial charge is 0.489 e. The topological polar surface area (TPSA) is 46.6 Å². The first kappa shape index (κ1) is 18.3. The molecule has 1 aliphatic heterocycles. The number of carbonyl (C=O) groups excluding carboxylic acids is 2. The molecule has 1 aliphatic rings. The van der Waals surface area contributed by atoms with Gasteiger partial charge in [-0.2, -0.15) is 0 Å². The molecule has 2 aromatic rings. The van der Waals surface area contributed by atoms with E-state index in [2.05, 4.69) is 21.9 Å². The molecule has 2 aromatic carbocycles. The molecular formula is C20H14BrNO3S. The van der Waals surface area contributed by atoms with E-state index in [4.69, 9.17) is 11.2 Å². The van der Waals surface area contributed by atoms with Gasteiger partial charge in [-0.15, -0.1) is 6.42 Å². The van der Waals surface area contributed by atoms with Crippen molar-refractivity contribution < 1.29 is 14.3 Å². The third-order valence-corrected chi connectivity index (χ3v) is 5.06. The summed E-state index contributed by atoms with van der Waals surface area (Å²) in [5, 5.41) is -0.339. The van der Waals surface area contributed by atoms with Gasteiger partial charge in [-0.25, -0.2) is 0 Å². The van der Waals surface area contributed by atoms with Crippen molar-refractivity contribution in [3.63, 3.8) is 0 Å². The summed E-state index contributed by atoms with van der Waals surface area (Å²) in [6.07, 6.45) is 6.86. The van der Waals surface area contributed by atoms with E-state index in [1.165, 1.54) is 0 Å². The summed E-state index contributed by atoms with van der Waals surface area (Å²) in [5.41, 5.74) is 1.88. The molecule has 0 atom stereocenters. The molecule has 2 amide bonds. The average molecular weight is 428 g/mol. The van der Waals surface area contributed by atoms with E-state index in [1.54, 1.807) is 6.08 Å². The van der Waals surface area contributed by atoms with Crippen LogP contribution in [0.25, 0.3) is 6.08 Å². The number of hydrogen-bond acceptors (Lipinski definition) is 4. The van der Waals surface area contributed by atoms with Gasteiger partial charge in [-0.3, -0.25) is 14.5 Å². The number of terminal acetylenes is 1. The van der Waals surface area contributed by atoms with E-state index < -0.39 is 0 Å². The zero-order valence-corrected chi connectivity index (χ0v) is 16.0. The van der Waals surface area contributed by atoms with E-state index in [-0.39, 0.29) is 17.7 Å². The molecule has 0 unspecified atom stereocenters. The van der Waals surface area contributed by atoms with Crippen LogP contribution in [0.3, 0.4) is 0 Å². The molecule has 1 heterocycles. The van der Waals surface area contributed by atoms with Gasteiger partial charge in [-0.05, 0) is 53.2 Å². The van der Waals surface area contributed by atoms with Crippen molar-refractivity contribution in [1.82, 2.24) is 4.90 Å². The molecule has 130 valence electrons. The van der Waals surface area contributed by atoms with E-state index in [0.717, 1.165) is 38.0 Å². The smallest absolute Gasteiger partial charge is 0.294 e. The second-order valence-corrected chi connectivity index (χ2v) is 7.37. The summed E-state index contributed by atoms with van der Waals surface area (Å²) < 4.78 is 6.78. The van der Waals surface area contributed by atoms with Crippen LogP contribution >= 0.6 is 27.7 Å². The van der Waals surface area contributed by atoms with Crippen molar-refractivity contribution >= 4 is 44.9 Å². The maximum atomic E-state index is 12.2. The Kier molecular flexibility index (Phi) is 5.82. The minimum atomic E-state index is -0.353. The van der Waals surface area contributed by atoms with E-state index in [9.17, 15) is 9.59 Å². The van der Waals surface area contributed by atoms with Crippen LogP contribution < -0.4 is 4.74 Å². The monoisotopic (exact) mass is 427 g/mol. The number of nitrogens with zero attached hydrogens (tertiary/aromatic N) is 1. The lowest BCUT2D eigenvalue weighted by atomic mass is 10.2. The van der Waals surface area contributed by atoms with Crippen molar-refractivity contribution in [2.24, 2.45) is 0 Å². The summed E-state index contributed by atoms with van der Waals surface area (Å²) in [4.78, 5) is 25.4. The number of ether oxygens (including phenoxy) is 1. The standard InChI is InChI=1S/C20H14BrNO3S/c1-2-11-22-19(23)18(26-20(22)24)12-14-5-9-17(10-6-14)25-13-15-3-7-16(21)8-4-15/h1,3-10,12H,11,13H2. The van der Waals surface area contributed by atoms with Crippen LogP contribution in [0, 0.1) is 12.3 Å². The lowest BCUT2D eigenvalue weighted by Gasteiger charge is -2.07. The van der Waals surface area contributed by atoms with E-state index >= 15 is 0 Å². The van der Waals surface area contributed by atoms with Crippen LogP contribution in [0.2, 0.25) is 0 Å². The molecular weight excluding hydrogens is 414 g/mol. The normalized spacial score (nSPS) is 15.4. The van der Waals surface area contributed by atoms with Gasteiger partial charge in [0.15, 0.2) is 0 Å². The fraction of sp³-hybridized carbons (Fsp3) is 0.100. The summed E-state index contributed by atoms with van der Waals surface area (Å²) >= 11 is 4.30. The maximum absolute atomic E-state index is 12.2. The predicted octanol–water partition coefficient (Wildman–Crippen LogP) is 4.70. The van der Waals surface area contributed by atoms with Crippen LogP contribution in [-0.4, -0.2) is 22.6 Å². The molecule has 0 spiro atoms. The molecule has 4 nitrogen and oxygen atoms in total. The number of amides is 2. The Morgan fingerprint density at radius 3 is 2.46 bits per heavy atom. The maximum Gasteiger partial charge on any atom is 0.294 e. The molecule has 0 N–H and O–H groups in total. The lowest BCUT2D eigenvalue weighted by Crippen LogP contribution is -2.28. The number of halogens is 1. The van der Waals surface area contributed by atoms with Crippen LogP contribution in [0.5, 0.6) is 5.75 Å². The number of benzene rings is 2. The first-order chi connectivity index (χ1) is 12.6. The Morgan fingerprint density at radius 2 is 1.81 bits per heavy atom. The highest BCUT2D eigenvalue weighted by molar-refractivity contribution is 9.10. The van der Waals surface area contributed by atoms with Gasteiger partial charge >= 0.3 is 0 Å². The third kappa shape index (κ3) is 4.37. The van der Waals surface area contributed by atoms with Crippen LogP contribution in [0.15, 0.2) is 57.9 Å². The molecule has 0 saturated carbocycles.